The number of fused-ring (bicyclic) bond motifs is 1. The van der Waals surface area contributed by atoms with Crippen molar-refractivity contribution in [2.45, 2.75) is 90.0 Å². The molecule has 2 aliphatic rings. The molecule has 2 aromatic rings. The monoisotopic (exact) mass is 483 g/mol. The van der Waals surface area contributed by atoms with Gasteiger partial charge in [0.25, 0.3) is 0 Å². The third kappa shape index (κ3) is 6.58. The zero-order chi connectivity index (χ0) is 25.2. The van der Waals surface area contributed by atoms with Crippen molar-refractivity contribution in [1.82, 2.24) is 15.6 Å². The molecule has 0 bridgehead atoms. The number of aliphatic hydroxyl groups excluding tert-OH is 1. The number of hydrogen-bond acceptors (Lipinski definition) is 5. The second-order valence-electron chi connectivity index (χ2n) is 11.5. The Balaban J connectivity index is 1.50. The molecule has 0 radical (unpaired) electrons. The Hall–Kier alpha value is -2.51. The number of hydrogen-bond donors (Lipinski definition) is 3. The summed E-state index contributed by atoms with van der Waals surface area (Å²) in [5, 5.41) is 17.5. The lowest BCUT2D eigenvalue weighted by Gasteiger charge is -2.48. The van der Waals surface area contributed by atoms with Crippen molar-refractivity contribution in [3.05, 3.63) is 59.2 Å². The second-order valence-corrected chi connectivity index (χ2v) is 11.5. The summed E-state index contributed by atoms with van der Waals surface area (Å²) in [6.07, 6.45) is 6.23. The number of carbonyl (C=O) groups is 1. The molecule has 1 amide bonds. The molecular formula is C28H38FN3O3. The highest BCUT2D eigenvalue weighted by Crippen LogP contribution is 2.48. The molecule has 1 aliphatic carbocycles. The van der Waals surface area contributed by atoms with E-state index in [-0.39, 0.29) is 35.3 Å². The van der Waals surface area contributed by atoms with E-state index in [1.54, 1.807) is 12.1 Å². The van der Waals surface area contributed by atoms with Crippen LogP contribution in [0.5, 0.6) is 5.75 Å². The smallest absolute Gasteiger partial charge is 0.217 e. The SMILES string of the molecule is CC(=O)N[C@@H](Cc1cccc(F)c1)[C@H](O)CN[C@H]1CC2(CCC2)Oc2cnc(CC(C)(C)C)cc21. The Morgan fingerprint density at radius 1 is 1.31 bits per heavy atom. The maximum Gasteiger partial charge on any atom is 0.217 e. The molecule has 2 heterocycles. The van der Waals surface area contributed by atoms with Gasteiger partial charge >= 0.3 is 0 Å². The van der Waals surface area contributed by atoms with Crippen LogP contribution in [0.1, 0.15) is 76.2 Å². The highest BCUT2D eigenvalue weighted by atomic mass is 19.1. The van der Waals surface area contributed by atoms with Crippen LogP contribution >= 0.6 is 0 Å². The van der Waals surface area contributed by atoms with E-state index in [4.69, 9.17) is 4.74 Å². The minimum atomic E-state index is -0.846. The zero-order valence-corrected chi connectivity index (χ0v) is 21.2. The molecule has 7 heteroatoms. The van der Waals surface area contributed by atoms with Gasteiger partial charge in [-0.25, -0.2) is 4.39 Å². The van der Waals surface area contributed by atoms with Crippen LogP contribution in [-0.2, 0) is 17.6 Å². The Kier molecular flexibility index (Phi) is 7.48. The first-order chi connectivity index (χ1) is 16.5. The third-order valence-electron chi connectivity index (χ3n) is 6.98. The van der Waals surface area contributed by atoms with Crippen LogP contribution < -0.4 is 15.4 Å². The Morgan fingerprint density at radius 3 is 2.71 bits per heavy atom. The number of aromatic nitrogens is 1. The molecule has 1 saturated carbocycles. The molecule has 1 aromatic carbocycles. The number of benzene rings is 1. The molecule has 190 valence electrons. The predicted octanol–water partition coefficient (Wildman–Crippen LogP) is 4.25. The van der Waals surface area contributed by atoms with E-state index in [1.807, 2.05) is 6.20 Å². The summed E-state index contributed by atoms with van der Waals surface area (Å²) in [5.74, 6) is 0.257. The molecule has 1 fully saturated rings. The van der Waals surface area contributed by atoms with Gasteiger partial charge in [0.1, 0.15) is 17.2 Å². The van der Waals surface area contributed by atoms with Crippen LogP contribution in [0.4, 0.5) is 4.39 Å². The van der Waals surface area contributed by atoms with Gasteiger partial charge in [-0.05, 0) is 61.3 Å². The summed E-state index contributed by atoms with van der Waals surface area (Å²) in [7, 11) is 0. The van der Waals surface area contributed by atoms with E-state index in [2.05, 4.69) is 42.5 Å². The van der Waals surface area contributed by atoms with E-state index >= 15 is 0 Å². The molecule has 1 spiro atoms. The number of carbonyl (C=O) groups excluding carboxylic acids is 1. The van der Waals surface area contributed by atoms with Crippen LogP contribution in [0.2, 0.25) is 0 Å². The topological polar surface area (TPSA) is 83.5 Å². The van der Waals surface area contributed by atoms with Crippen molar-refractivity contribution in [3.63, 3.8) is 0 Å². The summed E-state index contributed by atoms with van der Waals surface area (Å²) >= 11 is 0. The number of amides is 1. The molecule has 1 aromatic heterocycles. The first-order valence-corrected chi connectivity index (χ1v) is 12.6. The average Bonchev–Trinajstić information content (AvgIpc) is 2.74. The van der Waals surface area contributed by atoms with Crippen molar-refractivity contribution in [1.29, 1.82) is 0 Å². The van der Waals surface area contributed by atoms with Crippen LogP contribution in [0.25, 0.3) is 0 Å². The summed E-state index contributed by atoms with van der Waals surface area (Å²) in [6.45, 7) is 8.30. The van der Waals surface area contributed by atoms with Gasteiger partial charge in [0.2, 0.25) is 5.91 Å². The normalized spacial score (nSPS) is 20.3. The van der Waals surface area contributed by atoms with Crippen LogP contribution in [-0.4, -0.2) is 40.3 Å². The van der Waals surface area contributed by atoms with Gasteiger partial charge in [0.15, 0.2) is 0 Å². The Bertz CT molecular complexity index is 1050. The zero-order valence-electron chi connectivity index (χ0n) is 21.2. The maximum atomic E-state index is 13.7. The van der Waals surface area contributed by atoms with Crippen LogP contribution in [0, 0.1) is 11.2 Å². The van der Waals surface area contributed by atoms with Crippen molar-refractivity contribution in [2.24, 2.45) is 5.41 Å². The van der Waals surface area contributed by atoms with E-state index in [9.17, 15) is 14.3 Å². The van der Waals surface area contributed by atoms with E-state index in [1.165, 1.54) is 19.1 Å². The lowest BCUT2D eigenvalue weighted by Crippen LogP contribution is -2.52. The second kappa shape index (κ2) is 10.2. The van der Waals surface area contributed by atoms with Crippen LogP contribution in [0.3, 0.4) is 0 Å². The third-order valence-corrected chi connectivity index (χ3v) is 6.98. The van der Waals surface area contributed by atoms with E-state index in [0.717, 1.165) is 54.7 Å². The summed E-state index contributed by atoms with van der Waals surface area (Å²) < 4.78 is 20.1. The van der Waals surface area contributed by atoms with E-state index < -0.39 is 12.1 Å². The van der Waals surface area contributed by atoms with Crippen molar-refractivity contribution in [3.8, 4) is 5.75 Å². The molecule has 1 aliphatic heterocycles. The molecule has 3 atom stereocenters. The lowest BCUT2D eigenvalue weighted by atomic mass is 9.73. The van der Waals surface area contributed by atoms with Gasteiger partial charge in [-0.3, -0.25) is 9.78 Å². The molecule has 0 saturated heterocycles. The number of pyridine rings is 1. The van der Waals surface area contributed by atoms with E-state index in [0.29, 0.717) is 6.42 Å². The number of aliphatic hydroxyl groups is 1. The largest absolute Gasteiger partial charge is 0.485 e. The first kappa shape index (κ1) is 25.6. The summed E-state index contributed by atoms with van der Waals surface area (Å²) in [4.78, 5) is 16.5. The highest BCUT2D eigenvalue weighted by molar-refractivity contribution is 5.73. The van der Waals surface area contributed by atoms with Crippen molar-refractivity contribution in [2.75, 3.05) is 6.54 Å². The fraction of sp³-hybridized carbons (Fsp3) is 0.571. The lowest BCUT2D eigenvalue weighted by molar-refractivity contribution is -0.120. The van der Waals surface area contributed by atoms with Gasteiger partial charge < -0.3 is 20.5 Å². The number of halogens is 1. The maximum absolute atomic E-state index is 13.7. The quantitative estimate of drug-likeness (QED) is 0.523. The van der Waals surface area contributed by atoms with Gasteiger partial charge in [-0.1, -0.05) is 32.9 Å². The van der Waals surface area contributed by atoms with Gasteiger partial charge in [-0.2, -0.15) is 0 Å². The number of nitrogens with zero attached hydrogens (tertiary/aromatic N) is 1. The van der Waals surface area contributed by atoms with Gasteiger partial charge in [0.05, 0.1) is 18.3 Å². The van der Waals surface area contributed by atoms with Gasteiger partial charge in [-0.15, -0.1) is 0 Å². The minimum Gasteiger partial charge on any atom is -0.485 e. The van der Waals surface area contributed by atoms with Crippen LogP contribution in [0.15, 0.2) is 36.5 Å². The van der Waals surface area contributed by atoms with Crippen molar-refractivity contribution >= 4 is 5.91 Å². The van der Waals surface area contributed by atoms with Crippen molar-refractivity contribution < 1.29 is 19.0 Å². The molecule has 3 N–H and O–H groups in total. The Labute approximate surface area is 207 Å². The number of nitrogens with one attached hydrogen (secondary N) is 2. The average molecular weight is 484 g/mol. The number of rotatable bonds is 8. The molecule has 0 unspecified atom stereocenters. The fourth-order valence-corrected chi connectivity index (χ4v) is 5.19. The predicted molar refractivity (Wildman–Crippen MR) is 134 cm³/mol. The standard InChI is InChI=1S/C28H38FN3O3/c1-18(33)32-23(12-19-7-5-8-20(29)11-19)25(34)16-31-24-15-28(9-6-10-28)35-26-17-30-21(13-22(24)26)14-27(2,3)4/h5,7-8,11,13,17,23-25,31,34H,6,9-10,12,14-16H2,1-4H3,(H,32,33)/t23-,24-,25+/m0/s1. The van der Waals surface area contributed by atoms with Gasteiger partial charge in [0, 0.05) is 37.2 Å². The summed E-state index contributed by atoms with van der Waals surface area (Å²) in [6, 6.07) is 7.88. The summed E-state index contributed by atoms with van der Waals surface area (Å²) in [5.41, 5.74) is 2.78. The molecule has 6 nitrogen and oxygen atoms in total. The Morgan fingerprint density at radius 2 is 2.09 bits per heavy atom. The molecule has 4 rings (SSSR count). The minimum absolute atomic E-state index is 0.0163. The fourth-order valence-electron chi connectivity index (χ4n) is 5.19. The molecule has 35 heavy (non-hydrogen) atoms. The number of ether oxygens (including phenoxy) is 1. The highest BCUT2D eigenvalue weighted by Gasteiger charge is 2.46. The molecular weight excluding hydrogens is 445 g/mol. The first-order valence-electron chi connectivity index (χ1n) is 12.6.